The van der Waals surface area contributed by atoms with Crippen molar-refractivity contribution in [1.82, 2.24) is 9.36 Å². The number of ether oxygens (including phenoxy) is 1. The summed E-state index contributed by atoms with van der Waals surface area (Å²) < 4.78 is 9.54. The van der Waals surface area contributed by atoms with Gasteiger partial charge in [-0.15, -0.1) is 11.3 Å². The fourth-order valence-electron chi connectivity index (χ4n) is 1.52. The SMILES string of the molecule is CCOc1c(N)nsc1NCCc1csc(C)n1. The first-order valence-corrected chi connectivity index (χ1v) is 7.38. The predicted octanol–water partition coefficient (Wildman–Crippen LogP) is 2.54. The van der Waals surface area contributed by atoms with Gasteiger partial charge in [-0.25, -0.2) is 4.98 Å². The predicted molar refractivity (Wildman–Crippen MR) is 76.7 cm³/mol. The number of thiazole rings is 1. The molecule has 0 aliphatic rings. The smallest absolute Gasteiger partial charge is 0.197 e. The molecule has 98 valence electrons. The van der Waals surface area contributed by atoms with Crippen LogP contribution in [0.3, 0.4) is 0 Å². The highest BCUT2D eigenvalue weighted by Crippen LogP contribution is 2.34. The number of rotatable bonds is 6. The van der Waals surface area contributed by atoms with Crippen LogP contribution in [0, 0.1) is 6.92 Å². The summed E-state index contributed by atoms with van der Waals surface area (Å²) >= 11 is 3.00. The van der Waals surface area contributed by atoms with Crippen molar-refractivity contribution >= 4 is 33.7 Å². The summed E-state index contributed by atoms with van der Waals surface area (Å²) in [7, 11) is 0. The van der Waals surface area contributed by atoms with Gasteiger partial charge in [-0.3, -0.25) is 0 Å². The van der Waals surface area contributed by atoms with Gasteiger partial charge in [0.1, 0.15) is 0 Å². The van der Waals surface area contributed by atoms with Crippen LogP contribution in [-0.2, 0) is 6.42 Å². The number of hydrogen-bond donors (Lipinski definition) is 2. The summed E-state index contributed by atoms with van der Waals surface area (Å²) in [4.78, 5) is 4.42. The Balaban J connectivity index is 1.90. The van der Waals surface area contributed by atoms with Crippen LogP contribution in [0.1, 0.15) is 17.6 Å². The molecule has 0 radical (unpaired) electrons. The van der Waals surface area contributed by atoms with Gasteiger partial charge in [0.15, 0.2) is 16.6 Å². The van der Waals surface area contributed by atoms with Crippen LogP contribution in [-0.4, -0.2) is 22.5 Å². The number of aromatic nitrogens is 2. The lowest BCUT2D eigenvalue weighted by Crippen LogP contribution is -2.05. The first-order chi connectivity index (χ1) is 8.70. The molecule has 0 saturated carbocycles. The zero-order valence-corrected chi connectivity index (χ0v) is 12.0. The van der Waals surface area contributed by atoms with E-state index in [-0.39, 0.29) is 0 Å². The molecule has 0 amide bonds. The minimum atomic E-state index is 0.453. The van der Waals surface area contributed by atoms with Crippen LogP contribution in [0.15, 0.2) is 5.38 Å². The van der Waals surface area contributed by atoms with Crippen LogP contribution >= 0.6 is 22.9 Å². The molecule has 0 saturated heterocycles. The molecule has 0 unspecified atom stereocenters. The van der Waals surface area contributed by atoms with Crippen LogP contribution < -0.4 is 15.8 Å². The first-order valence-electron chi connectivity index (χ1n) is 5.73. The zero-order chi connectivity index (χ0) is 13.0. The van der Waals surface area contributed by atoms with E-state index in [1.165, 1.54) is 11.5 Å². The maximum atomic E-state index is 5.74. The maximum Gasteiger partial charge on any atom is 0.197 e. The Morgan fingerprint density at radius 2 is 2.33 bits per heavy atom. The Kier molecular flexibility index (Phi) is 4.38. The normalized spacial score (nSPS) is 10.6. The molecule has 2 aromatic rings. The van der Waals surface area contributed by atoms with E-state index in [4.69, 9.17) is 10.5 Å². The van der Waals surface area contributed by atoms with Crippen LogP contribution in [0.4, 0.5) is 10.8 Å². The molecule has 2 heterocycles. The van der Waals surface area contributed by atoms with E-state index < -0.39 is 0 Å². The Morgan fingerprint density at radius 1 is 1.50 bits per heavy atom. The third-order valence-electron chi connectivity index (χ3n) is 2.30. The van der Waals surface area contributed by atoms with Crippen molar-refractivity contribution < 1.29 is 4.74 Å². The lowest BCUT2D eigenvalue weighted by atomic mass is 10.3. The van der Waals surface area contributed by atoms with Crippen molar-refractivity contribution in [1.29, 1.82) is 0 Å². The Labute approximate surface area is 114 Å². The van der Waals surface area contributed by atoms with E-state index in [2.05, 4.69) is 20.1 Å². The summed E-state index contributed by atoms with van der Waals surface area (Å²) in [6.45, 7) is 5.32. The highest BCUT2D eigenvalue weighted by atomic mass is 32.1. The number of nitrogen functional groups attached to an aromatic ring is 1. The van der Waals surface area contributed by atoms with E-state index in [1.807, 2.05) is 13.8 Å². The number of aryl methyl sites for hydroxylation is 1. The molecule has 5 nitrogen and oxygen atoms in total. The monoisotopic (exact) mass is 284 g/mol. The highest BCUT2D eigenvalue weighted by Gasteiger charge is 2.12. The summed E-state index contributed by atoms with van der Waals surface area (Å²) in [5.74, 6) is 1.12. The number of nitrogens with one attached hydrogen (secondary N) is 1. The van der Waals surface area contributed by atoms with Gasteiger partial charge in [0.25, 0.3) is 0 Å². The molecular weight excluding hydrogens is 268 g/mol. The van der Waals surface area contributed by atoms with Gasteiger partial charge in [0, 0.05) is 18.3 Å². The first kappa shape index (κ1) is 13.1. The molecule has 2 rings (SSSR count). The molecule has 0 aliphatic heterocycles. The third-order valence-corrected chi connectivity index (χ3v) is 3.92. The second-order valence-corrected chi connectivity index (χ2v) is 5.53. The van der Waals surface area contributed by atoms with E-state index in [0.29, 0.717) is 18.2 Å². The topological polar surface area (TPSA) is 73.1 Å². The molecule has 7 heteroatoms. The highest BCUT2D eigenvalue weighted by molar-refractivity contribution is 7.11. The second-order valence-electron chi connectivity index (χ2n) is 3.69. The van der Waals surface area contributed by atoms with Gasteiger partial charge < -0.3 is 15.8 Å². The van der Waals surface area contributed by atoms with Gasteiger partial charge >= 0.3 is 0 Å². The quantitative estimate of drug-likeness (QED) is 0.853. The van der Waals surface area contributed by atoms with Gasteiger partial charge in [-0.05, 0) is 25.4 Å². The molecule has 0 aromatic carbocycles. The summed E-state index contributed by atoms with van der Waals surface area (Å²) in [6, 6.07) is 0. The van der Waals surface area contributed by atoms with E-state index >= 15 is 0 Å². The lowest BCUT2D eigenvalue weighted by molar-refractivity contribution is 0.344. The number of hydrogen-bond acceptors (Lipinski definition) is 7. The maximum absolute atomic E-state index is 5.74. The van der Waals surface area contributed by atoms with Crippen molar-refractivity contribution in [2.45, 2.75) is 20.3 Å². The molecule has 2 aromatic heterocycles. The molecule has 0 aliphatic carbocycles. The van der Waals surface area contributed by atoms with Crippen molar-refractivity contribution in [3.63, 3.8) is 0 Å². The third kappa shape index (κ3) is 3.11. The fourth-order valence-corrected chi connectivity index (χ4v) is 2.85. The van der Waals surface area contributed by atoms with E-state index in [0.717, 1.165) is 28.7 Å². The van der Waals surface area contributed by atoms with Gasteiger partial charge in [-0.2, -0.15) is 4.37 Å². The zero-order valence-electron chi connectivity index (χ0n) is 10.4. The van der Waals surface area contributed by atoms with E-state index in [9.17, 15) is 0 Å². The summed E-state index contributed by atoms with van der Waals surface area (Å²) in [6.07, 6.45) is 0.883. The van der Waals surface area contributed by atoms with Crippen LogP contribution in [0.5, 0.6) is 5.75 Å². The summed E-state index contributed by atoms with van der Waals surface area (Å²) in [5.41, 5.74) is 6.85. The average molecular weight is 284 g/mol. The number of anilines is 2. The van der Waals surface area contributed by atoms with Crippen LogP contribution in [0.25, 0.3) is 0 Å². The van der Waals surface area contributed by atoms with Gasteiger partial charge in [-0.1, -0.05) is 0 Å². The Morgan fingerprint density at radius 3 is 3.00 bits per heavy atom. The number of nitrogens with two attached hydrogens (primary N) is 1. The molecule has 0 fully saturated rings. The van der Waals surface area contributed by atoms with Gasteiger partial charge in [0.2, 0.25) is 0 Å². The number of nitrogens with zero attached hydrogens (tertiary/aromatic N) is 2. The van der Waals surface area contributed by atoms with Gasteiger partial charge in [0.05, 0.1) is 17.3 Å². The molecule has 0 bridgehead atoms. The van der Waals surface area contributed by atoms with E-state index in [1.54, 1.807) is 11.3 Å². The molecule has 0 spiro atoms. The second kappa shape index (κ2) is 6.01. The molecule has 0 atom stereocenters. The van der Waals surface area contributed by atoms with Crippen molar-refractivity contribution in [3.8, 4) is 5.75 Å². The summed E-state index contributed by atoms with van der Waals surface area (Å²) in [5, 5.41) is 7.37. The van der Waals surface area contributed by atoms with Crippen molar-refractivity contribution in [3.05, 3.63) is 16.1 Å². The largest absolute Gasteiger partial charge is 0.487 e. The lowest BCUT2D eigenvalue weighted by Gasteiger charge is -2.06. The van der Waals surface area contributed by atoms with Crippen molar-refractivity contribution in [2.75, 3.05) is 24.2 Å². The average Bonchev–Trinajstić information content (AvgIpc) is 2.90. The minimum Gasteiger partial charge on any atom is -0.487 e. The fraction of sp³-hybridized carbons (Fsp3) is 0.455. The minimum absolute atomic E-state index is 0.453. The van der Waals surface area contributed by atoms with Crippen LogP contribution in [0.2, 0.25) is 0 Å². The standard InChI is InChI=1S/C11H16N4OS2/c1-3-16-9-10(12)15-18-11(9)13-5-4-8-6-17-7(2)14-8/h6,13H,3-5H2,1-2H3,(H2,12,15). The molecule has 18 heavy (non-hydrogen) atoms. The Bertz CT molecular complexity index is 509. The van der Waals surface area contributed by atoms with Crippen molar-refractivity contribution in [2.24, 2.45) is 0 Å². The molecule has 3 N–H and O–H groups in total. The molecular formula is C11H16N4OS2. The Hall–Kier alpha value is -1.34.